The molecule has 1 unspecified atom stereocenters. The third-order valence-corrected chi connectivity index (χ3v) is 5.80. The zero-order valence-corrected chi connectivity index (χ0v) is 17.8. The second kappa shape index (κ2) is 8.45. The smallest absolute Gasteiger partial charge is 0.253 e. The van der Waals surface area contributed by atoms with Crippen LogP contribution in [-0.2, 0) is 11.3 Å². The first-order valence-corrected chi connectivity index (χ1v) is 10.6. The van der Waals surface area contributed by atoms with Crippen molar-refractivity contribution in [2.24, 2.45) is 0 Å². The number of nitrogens with zero attached hydrogens (tertiary/aromatic N) is 5. The quantitative estimate of drug-likeness (QED) is 0.540. The van der Waals surface area contributed by atoms with E-state index in [4.69, 9.17) is 14.7 Å². The second-order valence-corrected chi connectivity index (χ2v) is 7.87. The lowest BCUT2D eigenvalue weighted by Crippen LogP contribution is -2.49. The molecule has 2 aromatic carbocycles. The third-order valence-electron chi connectivity index (χ3n) is 5.80. The van der Waals surface area contributed by atoms with E-state index >= 15 is 0 Å². The van der Waals surface area contributed by atoms with Gasteiger partial charge in [-0.3, -0.25) is 5.32 Å². The molecule has 1 aliphatic rings. The Hall–Kier alpha value is -3.29. The molecule has 7 heteroatoms. The van der Waals surface area contributed by atoms with Crippen molar-refractivity contribution in [2.75, 3.05) is 24.6 Å². The molecular weight excluding hydrogens is 388 g/mol. The SMILES string of the molecule is Cc1cccc(C)c1CNC1CN(c2nc(-n3cccn3)nc3ccccc23)CCO1. The average molecular weight is 415 g/mol. The summed E-state index contributed by atoms with van der Waals surface area (Å²) in [7, 11) is 0. The van der Waals surface area contributed by atoms with Crippen molar-refractivity contribution in [3.8, 4) is 5.95 Å². The predicted octanol–water partition coefficient (Wildman–Crippen LogP) is 3.38. The van der Waals surface area contributed by atoms with Gasteiger partial charge in [0.1, 0.15) is 12.0 Å². The summed E-state index contributed by atoms with van der Waals surface area (Å²) < 4.78 is 7.73. The van der Waals surface area contributed by atoms with E-state index in [2.05, 4.69) is 53.4 Å². The molecule has 0 aliphatic carbocycles. The molecule has 0 saturated carbocycles. The van der Waals surface area contributed by atoms with Crippen molar-refractivity contribution in [1.82, 2.24) is 25.1 Å². The number of nitrogens with one attached hydrogen (secondary N) is 1. The van der Waals surface area contributed by atoms with Gasteiger partial charge in [0.05, 0.1) is 18.7 Å². The number of hydrogen-bond acceptors (Lipinski definition) is 6. The zero-order chi connectivity index (χ0) is 21.2. The highest BCUT2D eigenvalue weighted by Gasteiger charge is 2.24. The highest BCUT2D eigenvalue weighted by Crippen LogP contribution is 2.26. The molecule has 3 heterocycles. The zero-order valence-electron chi connectivity index (χ0n) is 17.8. The number of aromatic nitrogens is 4. The molecule has 1 atom stereocenters. The van der Waals surface area contributed by atoms with Gasteiger partial charge >= 0.3 is 0 Å². The number of morpholine rings is 1. The number of benzene rings is 2. The first kappa shape index (κ1) is 19.7. The van der Waals surface area contributed by atoms with Crippen molar-refractivity contribution in [3.05, 3.63) is 77.6 Å². The normalized spacial score (nSPS) is 16.7. The summed E-state index contributed by atoms with van der Waals surface area (Å²) in [6.07, 6.45) is 3.53. The molecule has 0 bridgehead atoms. The molecule has 1 N–H and O–H groups in total. The molecule has 5 rings (SSSR count). The number of aryl methyl sites for hydroxylation is 2. The predicted molar refractivity (Wildman–Crippen MR) is 121 cm³/mol. The van der Waals surface area contributed by atoms with Crippen LogP contribution in [0.5, 0.6) is 0 Å². The molecule has 0 spiro atoms. The topological polar surface area (TPSA) is 68.1 Å². The molecule has 0 amide bonds. The molecule has 1 saturated heterocycles. The minimum Gasteiger partial charge on any atom is -0.360 e. The Morgan fingerprint density at radius 3 is 2.68 bits per heavy atom. The molecule has 31 heavy (non-hydrogen) atoms. The van der Waals surface area contributed by atoms with Gasteiger partial charge in [0.15, 0.2) is 0 Å². The van der Waals surface area contributed by atoms with Crippen LogP contribution < -0.4 is 10.2 Å². The third kappa shape index (κ3) is 4.02. The van der Waals surface area contributed by atoms with Gasteiger partial charge in [0, 0.05) is 30.9 Å². The molecule has 4 aromatic rings. The number of fused-ring (bicyclic) bond motifs is 1. The molecule has 1 fully saturated rings. The number of ether oxygens (including phenoxy) is 1. The van der Waals surface area contributed by atoms with Crippen molar-refractivity contribution in [3.63, 3.8) is 0 Å². The Bertz CT molecular complexity index is 1170. The van der Waals surface area contributed by atoms with Crippen LogP contribution in [0.1, 0.15) is 16.7 Å². The van der Waals surface area contributed by atoms with Gasteiger partial charge in [-0.1, -0.05) is 30.3 Å². The van der Waals surface area contributed by atoms with Crippen LogP contribution >= 0.6 is 0 Å². The Morgan fingerprint density at radius 1 is 1.03 bits per heavy atom. The fraction of sp³-hybridized carbons (Fsp3) is 0.292. The maximum absolute atomic E-state index is 6.03. The van der Waals surface area contributed by atoms with Gasteiger partial charge in [-0.15, -0.1) is 0 Å². The van der Waals surface area contributed by atoms with Crippen LogP contribution in [0.15, 0.2) is 60.9 Å². The highest BCUT2D eigenvalue weighted by atomic mass is 16.5. The summed E-state index contributed by atoms with van der Waals surface area (Å²) in [6, 6.07) is 16.4. The fourth-order valence-corrected chi connectivity index (χ4v) is 4.09. The van der Waals surface area contributed by atoms with Crippen molar-refractivity contribution in [1.29, 1.82) is 0 Å². The van der Waals surface area contributed by atoms with Crippen LogP contribution in [0, 0.1) is 13.8 Å². The van der Waals surface area contributed by atoms with E-state index in [1.807, 2.05) is 30.5 Å². The maximum Gasteiger partial charge on any atom is 0.253 e. The Labute approximate surface area is 181 Å². The monoisotopic (exact) mass is 414 g/mol. The first-order chi connectivity index (χ1) is 15.2. The van der Waals surface area contributed by atoms with Crippen LogP contribution in [0.25, 0.3) is 16.9 Å². The number of rotatable bonds is 5. The first-order valence-electron chi connectivity index (χ1n) is 10.6. The molecule has 0 radical (unpaired) electrons. The summed E-state index contributed by atoms with van der Waals surface area (Å²) in [6.45, 7) is 7.22. The van der Waals surface area contributed by atoms with Gasteiger partial charge in [0.2, 0.25) is 0 Å². The lowest BCUT2D eigenvalue weighted by atomic mass is 10.0. The molecule has 158 valence electrons. The molecule has 2 aromatic heterocycles. The van der Waals surface area contributed by atoms with E-state index in [1.165, 1.54) is 16.7 Å². The van der Waals surface area contributed by atoms with Crippen molar-refractivity contribution in [2.45, 2.75) is 26.6 Å². The Balaban J connectivity index is 1.41. The minimum absolute atomic E-state index is 0.0744. The van der Waals surface area contributed by atoms with Gasteiger partial charge in [-0.2, -0.15) is 10.1 Å². The molecule has 7 nitrogen and oxygen atoms in total. The summed E-state index contributed by atoms with van der Waals surface area (Å²) in [4.78, 5) is 11.9. The number of para-hydroxylation sites is 1. The largest absolute Gasteiger partial charge is 0.360 e. The van der Waals surface area contributed by atoms with Gasteiger partial charge < -0.3 is 9.64 Å². The van der Waals surface area contributed by atoms with Gasteiger partial charge in [0.25, 0.3) is 5.95 Å². The van der Waals surface area contributed by atoms with Gasteiger partial charge in [-0.25, -0.2) is 9.67 Å². The standard InChI is InChI=1S/C24H26N6O/c1-17-7-5-8-18(2)20(17)15-25-22-16-29(13-14-31-22)23-19-9-3-4-10-21(19)27-24(28-23)30-12-6-11-26-30/h3-12,22,25H,13-16H2,1-2H3. The number of hydrogen-bond donors (Lipinski definition) is 1. The molecule has 1 aliphatic heterocycles. The van der Waals surface area contributed by atoms with Crippen molar-refractivity contribution >= 4 is 16.7 Å². The van der Waals surface area contributed by atoms with E-state index in [0.717, 1.165) is 29.8 Å². The van der Waals surface area contributed by atoms with E-state index in [-0.39, 0.29) is 6.23 Å². The van der Waals surface area contributed by atoms with Crippen LogP contribution in [-0.4, -0.2) is 45.7 Å². The van der Waals surface area contributed by atoms with Crippen LogP contribution in [0.2, 0.25) is 0 Å². The Kier molecular flexibility index (Phi) is 5.36. The second-order valence-electron chi connectivity index (χ2n) is 7.87. The van der Waals surface area contributed by atoms with E-state index in [1.54, 1.807) is 10.9 Å². The summed E-state index contributed by atoms with van der Waals surface area (Å²) >= 11 is 0. The highest BCUT2D eigenvalue weighted by molar-refractivity contribution is 5.90. The van der Waals surface area contributed by atoms with Crippen LogP contribution in [0.3, 0.4) is 0 Å². The summed E-state index contributed by atoms with van der Waals surface area (Å²) in [5.41, 5.74) is 4.83. The van der Waals surface area contributed by atoms with Crippen molar-refractivity contribution < 1.29 is 4.74 Å². The summed E-state index contributed by atoms with van der Waals surface area (Å²) in [5.74, 6) is 1.49. The van der Waals surface area contributed by atoms with E-state index in [9.17, 15) is 0 Å². The summed E-state index contributed by atoms with van der Waals surface area (Å²) in [5, 5.41) is 8.93. The van der Waals surface area contributed by atoms with E-state index in [0.29, 0.717) is 19.1 Å². The fourth-order valence-electron chi connectivity index (χ4n) is 4.09. The van der Waals surface area contributed by atoms with E-state index < -0.39 is 0 Å². The minimum atomic E-state index is -0.0744. The van der Waals surface area contributed by atoms with Crippen LogP contribution in [0.4, 0.5) is 5.82 Å². The Morgan fingerprint density at radius 2 is 1.87 bits per heavy atom. The maximum atomic E-state index is 6.03. The number of anilines is 1. The molecular formula is C24H26N6O. The lowest BCUT2D eigenvalue weighted by Gasteiger charge is -2.35. The van der Waals surface area contributed by atoms with Gasteiger partial charge in [-0.05, 0) is 48.7 Å². The average Bonchev–Trinajstić information content (AvgIpc) is 3.33. The lowest BCUT2D eigenvalue weighted by molar-refractivity contribution is 0.0167.